The van der Waals surface area contributed by atoms with E-state index in [1.165, 1.54) is 6.07 Å². The summed E-state index contributed by atoms with van der Waals surface area (Å²) >= 11 is 3.34. The molecule has 0 aliphatic carbocycles. The van der Waals surface area contributed by atoms with Crippen molar-refractivity contribution < 1.29 is 4.39 Å². The zero-order valence-electron chi connectivity index (χ0n) is 7.77. The normalized spacial score (nSPS) is 12.9. The molecule has 1 unspecified atom stereocenters. The molecule has 13 heavy (non-hydrogen) atoms. The maximum Gasteiger partial charge on any atom is 0.129 e. The number of benzene rings is 1. The lowest BCUT2D eigenvalue weighted by atomic mass is 10.1. The second-order valence-corrected chi connectivity index (χ2v) is 3.77. The molecule has 1 aromatic carbocycles. The lowest BCUT2D eigenvalue weighted by Crippen LogP contribution is -2.19. The van der Waals surface area contributed by atoms with Crippen molar-refractivity contribution in [2.75, 3.05) is 6.54 Å². The summed E-state index contributed by atoms with van der Waals surface area (Å²) in [6.45, 7) is 4.79. The van der Waals surface area contributed by atoms with Crippen molar-refractivity contribution in [3.63, 3.8) is 0 Å². The summed E-state index contributed by atoms with van der Waals surface area (Å²) in [6, 6.07) is 5.07. The topological polar surface area (TPSA) is 12.0 Å². The van der Waals surface area contributed by atoms with Crippen LogP contribution in [0.15, 0.2) is 22.7 Å². The third-order valence-corrected chi connectivity index (χ3v) is 2.63. The molecule has 0 aliphatic rings. The van der Waals surface area contributed by atoms with Gasteiger partial charge in [-0.25, -0.2) is 4.39 Å². The standard InChI is InChI=1S/C10H13BrFN/c1-3-13-7(2)10-8(11)5-4-6-9(10)12/h4-7,13H,3H2,1-2H3. The second-order valence-electron chi connectivity index (χ2n) is 2.91. The van der Waals surface area contributed by atoms with Crippen molar-refractivity contribution in [2.45, 2.75) is 19.9 Å². The van der Waals surface area contributed by atoms with Gasteiger partial charge in [-0.3, -0.25) is 0 Å². The molecular weight excluding hydrogens is 233 g/mol. The minimum Gasteiger partial charge on any atom is -0.310 e. The largest absolute Gasteiger partial charge is 0.310 e. The van der Waals surface area contributed by atoms with Crippen LogP contribution in [-0.4, -0.2) is 6.54 Å². The Morgan fingerprint density at radius 1 is 1.54 bits per heavy atom. The van der Waals surface area contributed by atoms with Crippen LogP contribution in [0.2, 0.25) is 0 Å². The Kier molecular flexibility index (Phi) is 3.88. The van der Waals surface area contributed by atoms with E-state index in [0.29, 0.717) is 5.56 Å². The summed E-state index contributed by atoms with van der Waals surface area (Å²) in [7, 11) is 0. The van der Waals surface area contributed by atoms with E-state index in [4.69, 9.17) is 0 Å². The lowest BCUT2D eigenvalue weighted by Gasteiger charge is -2.15. The molecule has 72 valence electrons. The van der Waals surface area contributed by atoms with Crippen LogP contribution in [0.5, 0.6) is 0 Å². The Morgan fingerprint density at radius 2 is 2.23 bits per heavy atom. The van der Waals surface area contributed by atoms with Gasteiger partial charge in [0.1, 0.15) is 5.82 Å². The van der Waals surface area contributed by atoms with E-state index >= 15 is 0 Å². The van der Waals surface area contributed by atoms with E-state index in [-0.39, 0.29) is 11.9 Å². The smallest absolute Gasteiger partial charge is 0.129 e. The van der Waals surface area contributed by atoms with Crippen LogP contribution >= 0.6 is 15.9 Å². The van der Waals surface area contributed by atoms with Gasteiger partial charge in [-0.1, -0.05) is 28.9 Å². The SMILES string of the molecule is CCNC(C)c1c(F)cccc1Br. The Morgan fingerprint density at radius 3 is 2.77 bits per heavy atom. The molecule has 0 bridgehead atoms. The van der Waals surface area contributed by atoms with Gasteiger partial charge in [-0.15, -0.1) is 0 Å². The first-order chi connectivity index (χ1) is 6.16. The predicted molar refractivity (Wildman–Crippen MR) is 56.2 cm³/mol. The van der Waals surface area contributed by atoms with E-state index in [0.717, 1.165) is 11.0 Å². The molecule has 3 heteroatoms. The summed E-state index contributed by atoms with van der Waals surface area (Å²) in [5.74, 6) is -0.164. The van der Waals surface area contributed by atoms with Crippen LogP contribution < -0.4 is 5.32 Å². The molecule has 1 aromatic rings. The van der Waals surface area contributed by atoms with Crippen molar-refractivity contribution in [3.8, 4) is 0 Å². The minimum atomic E-state index is -0.164. The number of nitrogens with one attached hydrogen (secondary N) is 1. The number of rotatable bonds is 3. The summed E-state index contributed by atoms with van der Waals surface area (Å²) in [5, 5.41) is 3.17. The van der Waals surface area contributed by atoms with Crippen LogP contribution in [0.3, 0.4) is 0 Å². The molecule has 1 N–H and O–H groups in total. The molecule has 0 saturated carbocycles. The predicted octanol–water partition coefficient (Wildman–Crippen LogP) is 3.26. The van der Waals surface area contributed by atoms with Gasteiger partial charge >= 0.3 is 0 Å². The zero-order chi connectivity index (χ0) is 9.84. The highest BCUT2D eigenvalue weighted by atomic mass is 79.9. The number of hydrogen-bond acceptors (Lipinski definition) is 1. The molecule has 0 saturated heterocycles. The molecule has 0 fully saturated rings. The molecule has 0 aliphatic heterocycles. The zero-order valence-corrected chi connectivity index (χ0v) is 9.36. The van der Waals surface area contributed by atoms with Gasteiger partial charge in [0.15, 0.2) is 0 Å². The van der Waals surface area contributed by atoms with Crippen LogP contribution in [0.1, 0.15) is 25.5 Å². The fraction of sp³-hybridized carbons (Fsp3) is 0.400. The van der Waals surface area contributed by atoms with Crippen molar-refractivity contribution in [1.29, 1.82) is 0 Å². The monoisotopic (exact) mass is 245 g/mol. The van der Waals surface area contributed by atoms with Gasteiger partial charge in [0.25, 0.3) is 0 Å². The molecular formula is C10H13BrFN. The van der Waals surface area contributed by atoms with Crippen molar-refractivity contribution in [1.82, 2.24) is 5.32 Å². The Balaban J connectivity index is 2.98. The maximum absolute atomic E-state index is 13.4. The summed E-state index contributed by atoms with van der Waals surface area (Å²) in [4.78, 5) is 0. The quantitative estimate of drug-likeness (QED) is 0.863. The fourth-order valence-electron chi connectivity index (χ4n) is 1.33. The van der Waals surface area contributed by atoms with Crippen LogP contribution in [0, 0.1) is 5.82 Å². The van der Waals surface area contributed by atoms with Crippen molar-refractivity contribution >= 4 is 15.9 Å². The molecule has 0 aromatic heterocycles. The average molecular weight is 246 g/mol. The molecule has 1 nitrogen and oxygen atoms in total. The van der Waals surface area contributed by atoms with Crippen LogP contribution in [0.4, 0.5) is 4.39 Å². The van der Waals surface area contributed by atoms with Gasteiger partial charge in [0.2, 0.25) is 0 Å². The van der Waals surface area contributed by atoms with Crippen LogP contribution in [-0.2, 0) is 0 Å². The summed E-state index contributed by atoms with van der Waals surface area (Å²) in [5.41, 5.74) is 0.698. The summed E-state index contributed by atoms with van der Waals surface area (Å²) in [6.07, 6.45) is 0. The Labute approximate surface area is 86.5 Å². The van der Waals surface area contributed by atoms with E-state index < -0.39 is 0 Å². The minimum absolute atomic E-state index is 0.0422. The van der Waals surface area contributed by atoms with Crippen molar-refractivity contribution in [3.05, 3.63) is 34.1 Å². The lowest BCUT2D eigenvalue weighted by molar-refractivity contribution is 0.538. The molecule has 0 heterocycles. The van der Waals surface area contributed by atoms with Gasteiger partial charge in [-0.05, 0) is 25.6 Å². The second kappa shape index (κ2) is 4.72. The van der Waals surface area contributed by atoms with E-state index in [1.54, 1.807) is 6.07 Å². The number of halogens is 2. The third-order valence-electron chi connectivity index (χ3n) is 1.94. The first kappa shape index (κ1) is 10.7. The molecule has 0 radical (unpaired) electrons. The summed E-state index contributed by atoms with van der Waals surface area (Å²) < 4.78 is 14.2. The number of hydrogen-bond donors (Lipinski definition) is 1. The van der Waals surface area contributed by atoms with Gasteiger partial charge < -0.3 is 5.32 Å². The van der Waals surface area contributed by atoms with Crippen molar-refractivity contribution in [2.24, 2.45) is 0 Å². The Bertz CT molecular complexity index is 268. The third kappa shape index (κ3) is 2.51. The van der Waals surface area contributed by atoms with E-state index in [1.807, 2.05) is 19.9 Å². The first-order valence-electron chi connectivity index (χ1n) is 4.34. The highest BCUT2D eigenvalue weighted by molar-refractivity contribution is 9.10. The maximum atomic E-state index is 13.4. The highest BCUT2D eigenvalue weighted by Gasteiger charge is 2.12. The van der Waals surface area contributed by atoms with Crippen LogP contribution in [0.25, 0.3) is 0 Å². The molecule has 1 rings (SSSR count). The van der Waals surface area contributed by atoms with Gasteiger partial charge in [0.05, 0.1) is 0 Å². The van der Waals surface area contributed by atoms with E-state index in [9.17, 15) is 4.39 Å². The van der Waals surface area contributed by atoms with Gasteiger partial charge in [0, 0.05) is 16.1 Å². The highest BCUT2D eigenvalue weighted by Crippen LogP contribution is 2.25. The van der Waals surface area contributed by atoms with Gasteiger partial charge in [-0.2, -0.15) is 0 Å². The average Bonchev–Trinajstić information content (AvgIpc) is 2.04. The van der Waals surface area contributed by atoms with E-state index in [2.05, 4.69) is 21.2 Å². The Hall–Kier alpha value is -0.410. The first-order valence-corrected chi connectivity index (χ1v) is 5.13. The molecule has 1 atom stereocenters. The molecule has 0 amide bonds. The molecule has 0 spiro atoms. The fourth-order valence-corrected chi connectivity index (χ4v) is 2.02.